The molecule has 0 fully saturated rings. The van der Waals surface area contributed by atoms with Crippen LogP contribution in [0.3, 0.4) is 0 Å². The molecule has 1 aromatic heterocycles. The van der Waals surface area contributed by atoms with Crippen LogP contribution in [0.2, 0.25) is 0 Å². The fraction of sp³-hybridized carbons (Fsp3) is 0.214. The summed E-state index contributed by atoms with van der Waals surface area (Å²) >= 11 is 0. The molecule has 2 N–H and O–H groups in total. The summed E-state index contributed by atoms with van der Waals surface area (Å²) in [4.78, 5) is 12.0. The van der Waals surface area contributed by atoms with Crippen LogP contribution in [0.25, 0.3) is 0 Å². The number of aryl methyl sites for hydroxylation is 1. The summed E-state index contributed by atoms with van der Waals surface area (Å²) < 4.78 is 5.23. The van der Waals surface area contributed by atoms with Crippen LogP contribution in [-0.2, 0) is 0 Å². The Morgan fingerprint density at radius 1 is 1.39 bits per heavy atom. The molecule has 0 radical (unpaired) electrons. The molecular weight excluding hydrogens is 230 g/mol. The molecule has 0 spiro atoms. The first-order valence-corrected chi connectivity index (χ1v) is 5.72. The molecule has 94 valence electrons. The van der Waals surface area contributed by atoms with Crippen molar-refractivity contribution in [3.63, 3.8) is 0 Å². The lowest BCUT2D eigenvalue weighted by Gasteiger charge is -2.12. The second kappa shape index (κ2) is 4.96. The van der Waals surface area contributed by atoms with Gasteiger partial charge in [0.2, 0.25) is 0 Å². The molecule has 2 aromatic rings. The lowest BCUT2D eigenvalue weighted by atomic mass is 10.1. The first kappa shape index (κ1) is 12.2. The van der Waals surface area contributed by atoms with Gasteiger partial charge in [-0.1, -0.05) is 0 Å². The van der Waals surface area contributed by atoms with E-state index in [0.29, 0.717) is 11.3 Å². The third-order valence-corrected chi connectivity index (χ3v) is 2.77. The molecule has 1 heterocycles. The normalized spacial score (nSPS) is 12.1. The Morgan fingerprint density at radius 2 is 2.17 bits per heavy atom. The average Bonchev–Trinajstić information content (AvgIpc) is 2.81. The van der Waals surface area contributed by atoms with Crippen molar-refractivity contribution in [2.24, 2.45) is 0 Å². The Hall–Kier alpha value is -2.23. The summed E-state index contributed by atoms with van der Waals surface area (Å²) in [7, 11) is 0. The zero-order chi connectivity index (χ0) is 13.1. The van der Waals surface area contributed by atoms with E-state index >= 15 is 0 Å². The molecule has 1 atom stereocenters. The van der Waals surface area contributed by atoms with Gasteiger partial charge in [0.1, 0.15) is 11.5 Å². The number of rotatable bonds is 3. The van der Waals surface area contributed by atoms with E-state index in [1.807, 2.05) is 13.0 Å². The van der Waals surface area contributed by atoms with Crippen LogP contribution < -0.4 is 5.32 Å². The van der Waals surface area contributed by atoms with Gasteiger partial charge in [0.05, 0.1) is 12.3 Å². The van der Waals surface area contributed by atoms with E-state index in [-0.39, 0.29) is 17.7 Å². The van der Waals surface area contributed by atoms with E-state index in [4.69, 9.17) is 4.42 Å². The Labute approximate surface area is 105 Å². The van der Waals surface area contributed by atoms with Gasteiger partial charge in [-0.05, 0) is 49.7 Å². The highest BCUT2D eigenvalue weighted by Gasteiger charge is 2.14. The van der Waals surface area contributed by atoms with Gasteiger partial charge in [-0.15, -0.1) is 0 Å². The molecule has 1 aromatic carbocycles. The summed E-state index contributed by atoms with van der Waals surface area (Å²) in [6.45, 7) is 3.64. The highest BCUT2D eigenvalue weighted by Crippen LogP contribution is 2.18. The first-order valence-electron chi connectivity index (χ1n) is 5.72. The van der Waals surface area contributed by atoms with Crippen molar-refractivity contribution in [2.45, 2.75) is 19.9 Å². The van der Waals surface area contributed by atoms with E-state index in [1.165, 1.54) is 6.07 Å². The minimum absolute atomic E-state index is 0.156. The van der Waals surface area contributed by atoms with E-state index in [2.05, 4.69) is 5.32 Å². The topological polar surface area (TPSA) is 62.5 Å². The fourth-order valence-electron chi connectivity index (χ4n) is 1.79. The lowest BCUT2D eigenvalue weighted by Crippen LogP contribution is -2.26. The van der Waals surface area contributed by atoms with Crippen LogP contribution in [0.1, 0.15) is 34.6 Å². The number of benzene rings is 1. The molecule has 0 saturated carbocycles. The maximum Gasteiger partial charge on any atom is 0.252 e. The third kappa shape index (κ3) is 2.53. The molecule has 0 aliphatic carbocycles. The summed E-state index contributed by atoms with van der Waals surface area (Å²) in [5.41, 5.74) is 1.28. The van der Waals surface area contributed by atoms with Crippen molar-refractivity contribution in [3.05, 3.63) is 53.5 Å². The van der Waals surface area contributed by atoms with E-state index in [1.54, 1.807) is 31.4 Å². The minimum Gasteiger partial charge on any atom is -0.508 e. The largest absolute Gasteiger partial charge is 0.508 e. The van der Waals surface area contributed by atoms with E-state index in [0.717, 1.165) is 5.56 Å². The van der Waals surface area contributed by atoms with Crippen molar-refractivity contribution in [1.82, 2.24) is 5.32 Å². The Balaban J connectivity index is 2.12. The van der Waals surface area contributed by atoms with Crippen LogP contribution in [0, 0.1) is 6.92 Å². The highest BCUT2D eigenvalue weighted by molar-refractivity contribution is 5.95. The molecule has 18 heavy (non-hydrogen) atoms. The molecule has 4 heteroatoms. The number of hydrogen-bond acceptors (Lipinski definition) is 3. The third-order valence-electron chi connectivity index (χ3n) is 2.77. The van der Waals surface area contributed by atoms with Crippen LogP contribution in [-0.4, -0.2) is 11.0 Å². The number of phenolic OH excluding ortho intramolecular Hbond substituents is 1. The summed E-state index contributed by atoms with van der Waals surface area (Å²) in [6, 6.07) is 8.07. The number of hydrogen-bond donors (Lipinski definition) is 2. The molecule has 1 amide bonds. The van der Waals surface area contributed by atoms with Gasteiger partial charge in [-0.2, -0.15) is 0 Å². The van der Waals surface area contributed by atoms with Crippen LogP contribution in [0.5, 0.6) is 5.75 Å². The Kier molecular flexibility index (Phi) is 3.37. The highest BCUT2D eigenvalue weighted by atomic mass is 16.3. The number of phenols is 1. The quantitative estimate of drug-likeness (QED) is 0.874. The van der Waals surface area contributed by atoms with Crippen molar-refractivity contribution >= 4 is 5.91 Å². The maximum atomic E-state index is 12.0. The summed E-state index contributed by atoms with van der Waals surface area (Å²) in [6.07, 6.45) is 1.57. The average molecular weight is 245 g/mol. The molecule has 0 saturated heterocycles. The van der Waals surface area contributed by atoms with Gasteiger partial charge < -0.3 is 14.8 Å². The maximum absolute atomic E-state index is 12.0. The van der Waals surface area contributed by atoms with Crippen molar-refractivity contribution in [2.75, 3.05) is 0 Å². The molecule has 0 aliphatic heterocycles. The predicted octanol–water partition coefficient (Wildman–Crippen LogP) is 2.78. The van der Waals surface area contributed by atoms with Crippen LogP contribution in [0.15, 0.2) is 41.0 Å². The van der Waals surface area contributed by atoms with Gasteiger partial charge in [0.25, 0.3) is 5.91 Å². The summed E-state index contributed by atoms with van der Waals surface area (Å²) in [5.74, 6) is 0.680. The zero-order valence-corrected chi connectivity index (χ0v) is 10.3. The van der Waals surface area contributed by atoms with Gasteiger partial charge in [0, 0.05) is 5.56 Å². The SMILES string of the molecule is Cc1cc(O)ccc1C(=O)NC(C)c1ccco1. The molecule has 4 nitrogen and oxygen atoms in total. The molecule has 1 unspecified atom stereocenters. The van der Waals surface area contributed by atoms with Gasteiger partial charge in [0.15, 0.2) is 0 Å². The standard InChI is InChI=1S/C14H15NO3/c1-9-8-11(16)5-6-12(9)14(17)15-10(2)13-4-3-7-18-13/h3-8,10,16H,1-2H3,(H,15,17). The first-order chi connectivity index (χ1) is 8.58. The number of amides is 1. The lowest BCUT2D eigenvalue weighted by molar-refractivity contribution is 0.0935. The van der Waals surface area contributed by atoms with Crippen LogP contribution in [0.4, 0.5) is 0 Å². The number of carbonyl (C=O) groups excluding carboxylic acids is 1. The smallest absolute Gasteiger partial charge is 0.252 e. The molecule has 0 aliphatic rings. The molecule has 0 bridgehead atoms. The number of furan rings is 1. The molecule has 2 rings (SSSR count). The van der Waals surface area contributed by atoms with E-state index in [9.17, 15) is 9.90 Å². The Morgan fingerprint density at radius 3 is 2.78 bits per heavy atom. The van der Waals surface area contributed by atoms with Gasteiger partial charge in [-0.3, -0.25) is 4.79 Å². The van der Waals surface area contributed by atoms with Gasteiger partial charge in [-0.25, -0.2) is 0 Å². The monoisotopic (exact) mass is 245 g/mol. The van der Waals surface area contributed by atoms with Crippen molar-refractivity contribution in [1.29, 1.82) is 0 Å². The van der Waals surface area contributed by atoms with Gasteiger partial charge >= 0.3 is 0 Å². The minimum atomic E-state index is -0.194. The molecular formula is C14H15NO3. The van der Waals surface area contributed by atoms with Crippen molar-refractivity contribution < 1.29 is 14.3 Å². The fourth-order valence-corrected chi connectivity index (χ4v) is 1.79. The number of nitrogens with one attached hydrogen (secondary N) is 1. The summed E-state index contributed by atoms with van der Waals surface area (Å²) in [5, 5.41) is 12.1. The Bertz CT molecular complexity index is 546. The second-order valence-corrected chi connectivity index (χ2v) is 4.21. The van der Waals surface area contributed by atoms with Crippen LogP contribution >= 0.6 is 0 Å². The number of aromatic hydroxyl groups is 1. The predicted molar refractivity (Wildman–Crippen MR) is 67.4 cm³/mol. The number of carbonyl (C=O) groups is 1. The zero-order valence-electron chi connectivity index (χ0n) is 10.3. The van der Waals surface area contributed by atoms with Crippen molar-refractivity contribution in [3.8, 4) is 5.75 Å². The second-order valence-electron chi connectivity index (χ2n) is 4.21. The van der Waals surface area contributed by atoms with E-state index < -0.39 is 0 Å².